The molecule has 0 aliphatic carbocycles. The molecule has 0 saturated carbocycles. The Hall–Kier alpha value is -2.00. The van der Waals surface area contributed by atoms with Crippen molar-refractivity contribution in [3.05, 3.63) is 98.9 Å². The van der Waals surface area contributed by atoms with Crippen LogP contribution in [0.5, 0.6) is 0 Å². The molecular weight excluding hydrogens is 580 g/mol. The number of nitrogens with zero attached hydrogens (tertiary/aromatic N) is 2. The predicted octanol–water partition coefficient (Wildman–Crippen LogP) is 5.86. The average molecular weight is 606 g/mol. The predicted molar refractivity (Wildman–Crippen MR) is 141 cm³/mol. The lowest BCUT2D eigenvalue weighted by atomic mass is 9.92. The highest BCUT2D eigenvalue weighted by molar-refractivity contribution is 9.10. The zero-order valence-electron chi connectivity index (χ0n) is 18.8. The number of hydrogen-bond acceptors (Lipinski definition) is 3. The van der Waals surface area contributed by atoms with Gasteiger partial charge in [-0.15, -0.1) is 0 Å². The number of rotatable bonds is 6. The molecule has 1 heterocycles. The van der Waals surface area contributed by atoms with Crippen LogP contribution in [0.25, 0.3) is 0 Å². The van der Waals surface area contributed by atoms with Crippen molar-refractivity contribution in [1.82, 2.24) is 9.21 Å². The number of sulfonamides is 1. The first-order valence-electron chi connectivity index (χ1n) is 11.1. The van der Waals surface area contributed by atoms with Gasteiger partial charge >= 0.3 is 0 Å². The Morgan fingerprint density at radius 2 is 1.50 bits per heavy atom. The van der Waals surface area contributed by atoms with Crippen molar-refractivity contribution in [3.63, 3.8) is 0 Å². The summed E-state index contributed by atoms with van der Waals surface area (Å²) >= 11 is 6.99. The number of hydrogen-bond donors (Lipinski definition) is 0. The molecule has 3 aromatic rings. The van der Waals surface area contributed by atoms with E-state index in [1.807, 2.05) is 61.6 Å². The van der Waals surface area contributed by atoms with Crippen molar-refractivity contribution in [3.8, 4) is 0 Å². The van der Waals surface area contributed by atoms with Gasteiger partial charge in [-0.1, -0.05) is 80.4 Å². The van der Waals surface area contributed by atoms with Crippen LogP contribution in [-0.4, -0.2) is 43.7 Å². The summed E-state index contributed by atoms with van der Waals surface area (Å²) in [6.07, 6.45) is 0.993. The fourth-order valence-corrected chi connectivity index (χ4v) is 6.69. The Morgan fingerprint density at radius 3 is 2.12 bits per heavy atom. The molecule has 3 aromatic carbocycles. The minimum absolute atomic E-state index is 0.0327. The zero-order valence-corrected chi connectivity index (χ0v) is 22.8. The monoisotopic (exact) mass is 604 g/mol. The van der Waals surface area contributed by atoms with Crippen LogP contribution in [0.3, 0.4) is 0 Å². The summed E-state index contributed by atoms with van der Waals surface area (Å²) in [5.74, 6) is -0.194. The number of benzene rings is 3. The smallest absolute Gasteiger partial charge is 0.243 e. The standard InChI is InChI=1S/C26H26Br2N2O3S/c1-29(25(19-7-3-2-4-8-19)23-9-5-6-10-24(23)28)26(31)20-15-17-30(18-16-20)34(32,33)22-13-11-21(27)12-14-22/h2-14,20,25H,15-18H2,1H3. The van der Waals surface area contributed by atoms with E-state index < -0.39 is 10.0 Å². The normalized spacial score (nSPS) is 16.2. The van der Waals surface area contributed by atoms with Crippen LogP contribution in [-0.2, 0) is 14.8 Å². The van der Waals surface area contributed by atoms with E-state index in [1.54, 1.807) is 29.2 Å². The molecule has 1 unspecified atom stereocenters. The summed E-state index contributed by atoms with van der Waals surface area (Å²) in [5.41, 5.74) is 2.04. The topological polar surface area (TPSA) is 57.7 Å². The summed E-state index contributed by atoms with van der Waals surface area (Å²) in [6, 6.07) is 24.3. The Bertz CT molecular complexity index is 1240. The van der Waals surface area contributed by atoms with Gasteiger partial charge in [0.1, 0.15) is 0 Å². The SMILES string of the molecule is CN(C(=O)C1CCN(S(=O)(=O)c2ccc(Br)cc2)CC1)C(c1ccccc1)c1ccccc1Br. The summed E-state index contributed by atoms with van der Waals surface area (Å²) in [6.45, 7) is 0.654. The Balaban J connectivity index is 1.51. The number of carbonyl (C=O) groups excluding carboxylic acids is 1. The zero-order chi connectivity index (χ0) is 24.3. The summed E-state index contributed by atoms with van der Waals surface area (Å²) in [7, 11) is -1.74. The molecule has 1 amide bonds. The van der Waals surface area contributed by atoms with E-state index in [4.69, 9.17) is 0 Å². The van der Waals surface area contributed by atoms with Gasteiger partial charge in [-0.3, -0.25) is 4.79 Å². The van der Waals surface area contributed by atoms with Gasteiger partial charge in [-0.2, -0.15) is 4.31 Å². The van der Waals surface area contributed by atoms with E-state index in [1.165, 1.54) is 4.31 Å². The molecule has 0 radical (unpaired) electrons. The lowest BCUT2D eigenvalue weighted by Gasteiger charge is -2.36. The van der Waals surface area contributed by atoms with Crippen LogP contribution in [0.15, 0.2) is 92.7 Å². The molecule has 34 heavy (non-hydrogen) atoms. The maximum Gasteiger partial charge on any atom is 0.243 e. The van der Waals surface area contributed by atoms with E-state index in [2.05, 4.69) is 31.9 Å². The minimum atomic E-state index is -3.57. The molecule has 1 saturated heterocycles. The van der Waals surface area contributed by atoms with Crippen molar-refractivity contribution in [2.24, 2.45) is 5.92 Å². The van der Waals surface area contributed by atoms with E-state index in [0.717, 1.165) is 20.1 Å². The third-order valence-electron chi connectivity index (χ3n) is 6.30. The maximum absolute atomic E-state index is 13.6. The first-order chi connectivity index (χ1) is 16.3. The van der Waals surface area contributed by atoms with Crippen molar-refractivity contribution in [1.29, 1.82) is 0 Å². The second-order valence-corrected chi connectivity index (χ2v) is 12.1. The fourth-order valence-electron chi connectivity index (χ4n) is 4.46. The second-order valence-electron chi connectivity index (χ2n) is 8.42. The summed E-state index contributed by atoms with van der Waals surface area (Å²) in [4.78, 5) is 15.7. The van der Waals surface area contributed by atoms with Gasteiger partial charge in [0.2, 0.25) is 15.9 Å². The third kappa shape index (κ3) is 5.30. The molecule has 1 aliphatic rings. The lowest BCUT2D eigenvalue weighted by Crippen LogP contribution is -2.44. The van der Waals surface area contributed by atoms with Gasteiger partial charge in [0.25, 0.3) is 0 Å². The molecule has 0 aromatic heterocycles. The van der Waals surface area contributed by atoms with Crippen LogP contribution in [0, 0.1) is 5.92 Å². The quantitative estimate of drug-likeness (QED) is 0.354. The van der Waals surface area contributed by atoms with Gasteiger partial charge in [0, 0.05) is 35.0 Å². The Kier molecular flexibility index (Phi) is 7.92. The van der Waals surface area contributed by atoms with Crippen LogP contribution in [0.1, 0.15) is 30.0 Å². The number of carbonyl (C=O) groups is 1. The van der Waals surface area contributed by atoms with Crippen molar-refractivity contribution in [2.75, 3.05) is 20.1 Å². The highest BCUT2D eigenvalue weighted by Crippen LogP contribution is 2.35. The van der Waals surface area contributed by atoms with Crippen LogP contribution >= 0.6 is 31.9 Å². The fraction of sp³-hybridized carbons (Fsp3) is 0.269. The number of amides is 1. The molecule has 8 heteroatoms. The van der Waals surface area contributed by atoms with Crippen LogP contribution in [0.4, 0.5) is 0 Å². The van der Waals surface area contributed by atoms with E-state index in [9.17, 15) is 13.2 Å². The molecule has 4 rings (SSSR count). The summed E-state index contributed by atoms with van der Waals surface area (Å²) < 4.78 is 29.3. The minimum Gasteiger partial charge on any atom is -0.334 e. The Labute approximate surface area is 218 Å². The average Bonchev–Trinajstić information content (AvgIpc) is 2.86. The van der Waals surface area contributed by atoms with Gasteiger partial charge in [-0.25, -0.2) is 8.42 Å². The van der Waals surface area contributed by atoms with E-state index in [0.29, 0.717) is 25.9 Å². The van der Waals surface area contributed by atoms with Crippen LogP contribution < -0.4 is 0 Å². The highest BCUT2D eigenvalue weighted by atomic mass is 79.9. The molecule has 0 bridgehead atoms. The molecular formula is C26H26Br2N2O3S. The van der Waals surface area contributed by atoms with Crippen molar-refractivity contribution in [2.45, 2.75) is 23.8 Å². The number of halogens is 2. The Morgan fingerprint density at radius 1 is 0.912 bits per heavy atom. The highest BCUT2D eigenvalue weighted by Gasteiger charge is 2.35. The van der Waals surface area contributed by atoms with E-state index in [-0.39, 0.29) is 22.8 Å². The van der Waals surface area contributed by atoms with Crippen LogP contribution in [0.2, 0.25) is 0 Å². The lowest BCUT2D eigenvalue weighted by molar-refractivity contribution is -0.137. The van der Waals surface area contributed by atoms with Gasteiger partial charge in [0.05, 0.1) is 10.9 Å². The van der Waals surface area contributed by atoms with E-state index >= 15 is 0 Å². The third-order valence-corrected chi connectivity index (χ3v) is 9.47. The molecule has 178 valence electrons. The molecule has 1 atom stereocenters. The molecule has 1 aliphatic heterocycles. The molecule has 1 fully saturated rings. The van der Waals surface area contributed by atoms with Gasteiger partial charge in [-0.05, 0) is 54.3 Å². The first-order valence-corrected chi connectivity index (χ1v) is 14.1. The maximum atomic E-state index is 13.6. The molecule has 5 nitrogen and oxygen atoms in total. The largest absolute Gasteiger partial charge is 0.334 e. The second kappa shape index (κ2) is 10.7. The number of piperidine rings is 1. The van der Waals surface area contributed by atoms with Gasteiger partial charge in [0.15, 0.2) is 0 Å². The summed E-state index contributed by atoms with van der Waals surface area (Å²) in [5, 5.41) is 0. The van der Waals surface area contributed by atoms with Crippen molar-refractivity contribution >= 4 is 47.8 Å². The van der Waals surface area contributed by atoms with Crippen molar-refractivity contribution < 1.29 is 13.2 Å². The first kappa shape index (κ1) is 25.1. The molecule has 0 N–H and O–H groups in total. The van der Waals surface area contributed by atoms with Gasteiger partial charge < -0.3 is 4.90 Å². The molecule has 0 spiro atoms.